The Morgan fingerprint density at radius 2 is 1.83 bits per heavy atom. The lowest BCUT2D eigenvalue weighted by atomic mass is 9.89. The number of piperidine rings is 1. The average Bonchev–Trinajstić information content (AvgIpc) is 2.98. The summed E-state index contributed by atoms with van der Waals surface area (Å²) in [4.78, 5) is 11.5. The summed E-state index contributed by atoms with van der Waals surface area (Å²) in [7, 11) is 5.06. The van der Waals surface area contributed by atoms with E-state index in [0.717, 1.165) is 42.4 Å². The third kappa shape index (κ3) is 6.14. The minimum atomic E-state index is 0.0737. The molecule has 2 aromatic carbocycles. The minimum absolute atomic E-state index is 0.0737. The zero-order valence-electron chi connectivity index (χ0n) is 24.0. The number of nitrogens with one attached hydrogen (secondary N) is 3. The number of fused-ring (bicyclic) bond motifs is 1. The quantitative estimate of drug-likeness (QED) is 0.250. The van der Waals surface area contributed by atoms with E-state index in [9.17, 15) is 0 Å². The highest BCUT2D eigenvalue weighted by Gasteiger charge is 2.25. The SMILES string of the molecule is C=CC(=C1CCC1)N1CCC(Oc2cc3c(Nc4cc(C(=N)/C=C\NC)ccc4OC)ncnc3cc2OC)CC1. The molecule has 2 aliphatic rings. The second-order valence-electron chi connectivity index (χ2n) is 10.2. The van der Waals surface area contributed by atoms with Crippen molar-refractivity contribution in [2.75, 3.05) is 39.7 Å². The second kappa shape index (κ2) is 12.8. The maximum absolute atomic E-state index is 8.38. The Morgan fingerprint density at radius 3 is 2.49 bits per heavy atom. The van der Waals surface area contributed by atoms with Gasteiger partial charge in [0.15, 0.2) is 11.5 Å². The lowest BCUT2D eigenvalue weighted by Crippen LogP contribution is -2.38. The number of methoxy groups -OCH3 is 2. The zero-order chi connectivity index (χ0) is 28.8. The molecule has 0 atom stereocenters. The molecule has 3 N–H and O–H groups in total. The number of nitrogens with zero attached hydrogens (tertiary/aromatic N) is 3. The van der Waals surface area contributed by atoms with Gasteiger partial charge in [-0.1, -0.05) is 6.58 Å². The molecule has 1 saturated heterocycles. The van der Waals surface area contributed by atoms with Crippen molar-refractivity contribution in [2.24, 2.45) is 0 Å². The van der Waals surface area contributed by atoms with Gasteiger partial charge < -0.3 is 35.2 Å². The molecule has 0 radical (unpaired) electrons. The predicted molar refractivity (Wildman–Crippen MR) is 164 cm³/mol. The van der Waals surface area contributed by atoms with Crippen molar-refractivity contribution in [1.29, 1.82) is 5.41 Å². The molecular formula is C32H38N6O3. The molecule has 0 unspecified atom stereocenters. The fourth-order valence-corrected chi connectivity index (χ4v) is 5.28. The lowest BCUT2D eigenvalue weighted by molar-refractivity contribution is 0.115. The number of hydrogen-bond donors (Lipinski definition) is 3. The number of hydrogen-bond acceptors (Lipinski definition) is 9. The molecule has 9 heteroatoms. The maximum atomic E-state index is 8.38. The van der Waals surface area contributed by atoms with Gasteiger partial charge in [0.1, 0.15) is 24.0 Å². The summed E-state index contributed by atoms with van der Waals surface area (Å²) < 4.78 is 17.8. The third-order valence-corrected chi connectivity index (χ3v) is 7.69. The van der Waals surface area contributed by atoms with Gasteiger partial charge in [0.05, 0.1) is 31.1 Å². The van der Waals surface area contributed by atoms with Crippen LogP contribution in [0.5, 0.6) is 17.2 Å². The van der Waals surface area contributed by atoms with Gasteiger partial charge in [-0.3, -0.25) is 0 Å². The first-order valence-electron chi connectivity index (χ1n) is 14.0. The predicted octanol–water partition coefficient (Wildman–Crippen LogP) is 5.96. The van der Waals surface area contributed by atoms with Crippen molar-refractivity contribution in [3.05, 3.63) is 78.4 Å². The Bertz CT molecular complexity index is 1480. The normalized spacial score (nSPS) is 15.4. The van der Waals surface area contributed by atoms with Gasteiger partial charge in [-0.05, 0) is 67.5 Å². The molecule has 5 rings (SSSR count). The smallest absolute Gasteiger partial charge is 0.162 e. The van der Waals surface area contributed by atoms with Crippen molar-refractivity contribution >= 4 is 28.1 Å². The number of rotatable bonds is 11. The van der Waals surface area contributed by atoms with E-state index in [2.05, 4.69) is 32.1 Å². The first-order chi connectivity index (χ1) is 20.0. The number of aromatic nitrogens is 2. The molecule has 2 heterocycles. The van der Waals surface area contributed by atoms with Crippen molar-refractivity contribution in [2.45, 2.75) is 38.2 Å². The number of likely N-dealkylation sites (tertiary alicyclic amines) is 1. The van der Waals surface area contributed by atoms with Crippen molar-refractivity contribution < 1.29 is 14.2 Å². The topological polar surface area (TPSA) is 105 Å². The molecule has 3 aromatic rings. The molecule has 9 nitrogen and oxygen atoms in total. The second-order valence-corrected chi connectivity index (χ2v) is 10.2. The van der Waals surface area contributed by atoms with Crippen LogP contribution < -0.4 is 24.8 Å². The summed E-state index contributed by atoms with van der Waals surface area (Å²) in [5.74, 6) is 2.54. The highest BCUT2D eigenvalue weighted by Crippen LogP contribution is 2.38. The first kappa shape index (κ1) is 28.0. The van der Waals surface area contributed by atoms with E-state index in [4.69, 9.17) is 19.6 Å². The van der Waals surface area contributed by atoms with Crippen molar-refractivity contribution in [3.8, 4) is 17.2 Å². The molecule has 214 valence electrons. The van der Waals surface area contributed by atoms with Crippen molar-refractivity contribution in [3.63, 3.8) is 0 Å². The van der Waals surface area contributed by atoms with Crippen LogP contribution in [0, 0.1) is 5.41 Å². The highest BCUT2D eigenvalue weighted by molar-refractivity contribution is 6.07. The van der Waals surface area contributed by atoms with Gasteiger partial charge in [0.25, 0.3) is 0 Å². The van der Waals surface area contributed by atoms with Gasteiger partial charge in [-0.25, -0.2) is 9.97 Å². The van der Waals surface area contributed by atoms with Gasteiger partial charge in [0, 0.05) is 55.7 Å². The number of ether oxygens (including phenoxy) is 3. The monoisotopic (exact) mass is 554 g/mol. The maximum Gasteiger partial charge on any atom is 0.162 e. The van der Waals surface area contributed by atoms with Crippen LogP contribution in [0.2, 0.25) is 0 Å². The molecule has 1 aromatic heterocycles. The van der Waals surface area contributed by atoms with Gasteiger partial charge in [-0.2, -0.15) is 0 Å². The van der Waals surface area contributed by atoms with E-state index in [0.29, 0.717) is 34.5 Å². The van der Waals surface area contributed by atoms with Crippen LogP contribution in [0.25, 0.3) is 10.9 Å². The summed E-state index contributed by atoms with van der Waals surface area (Å²) in [5, 5.41) is 15.5. The summed E-state index contributed by atoms with van der Waals surface area (Å²) in [5.41, 5.74) is 5.37. The molecular weight excluding hydrogens is 516 g/mol. The van der Waals surface area contributed by atoms with Gasteiger partial charge in [-0.15, -0.1) is 0 Å². The molecule has 1 saturated carbocycles. The third-order valence-electron chi connectivity index (χ3n) is 7.69. The minimum Gasteiger partial charge on any atom is -0.495 e. The Morgan fingerprint density at radius 1 is 1.05 bits per heavy atom. The summed E-state index contributed by atoms with van der Waals surface area (Å²) in [6.45, 7) is 5.94. The Balaban J connectivity index is 1.39. The summed E-state index contributed by atoms with van der Waals surface area (Å²) >= 11 is 0. The van der Waals surface area contributed by atoms with Crippen molar-refractivity contribution in [1.82, 2.24) is 20.2 Å². The molecule has 0 bridgehead atoms. The van der Waals surface area contributed by atoms with E-state index in [-0.39, 0.29) is 6.10 Å². The zero-order valence-corrected chi connectivity index (χ0v) is 24.0. The van der Waals surface area contributed by atoms with E-state index in [1.165, 1.54) is 36.9 Å². The molecule has 41 heavy (non-hydrogen) atoms. The number of allylic oxidation sites excluding steroid dienone is 3. The van der Waals surface area contributed by atoms with Crippen LogP contribution in [0.3, 0.4) is 0 Å². The number of benzene rings is 2. The molecule has 0 spiro atoms. The Kier molecular flexibility index (Phi) is 8.72. The molecule has 0 amide bonds. The van der Waals surface area contributed by atoms with E-state index < -0.39 is 0 Å². The van der Waals surface area contributed by atoms with Crippen LogP contribution >= 0.6 is 0 Å². The molecule has 1 aliphatic carbocycles. The van der Waals surface area contributed by atoms with Crippen LogP contribution in [0.1, 0.15) is 37.7 Å². The van der Waals surface area contributed by atoms with Crippen LogP contribution in [0.4, 0.5) is 11.5 Å². The average molecular weight is 555 g/mol. The summed E-state index contributed by atoms with van der Waals surface area (Å²) in [6.07, 6.45) is 12.5. The van der Waals surface area contributed by atoms with E-state index in [1.807, 2.05) is 36.4 Å². The Hall–Kier alpha value is -4.53. The van der Waals surface area contributed by atoms with Crippen LogP contribution in [0.15, 0.2) is 72.9 Å². The van der Waals surface area contributed by atoms with E-state index >= 15 is 0 Å². The fraction of sp³-hybridized carbons (Fsp3) is 0.344. The lowest BCUT2D eigenvalue weighted by Gasteiger charge is -2.37. The fourth-order valence-electron chi connectivity index (χ4n) is 5.28. The first-order valence-corrected chi connectivity index (χ1v) is 14.0. The van der Waals surface area contributed by atoms with Gasteiger partial charge in [0.2, 0.25) is 0 Å². The highest BCUT2D eigenvalue weighted by atomic mass is 16.5. The molecule has 1 aliphatic heterocycles. The Labute approximate surface area is 241 Å². The van der Waals surface area contributed by atoms with E-state index in [1.54, 1.807) is 33.5 Å². The number of anilines is 2. The van der Waals surface area contributed by atoms with Gasteiger partial charge >= 0.3 is 0 Å². The summed E-state index contributed by atoms with van der Waals surface area (Å²) in [6, 6.07) is 9.40. The molecule has 2 fully saturated rings. The van der Waals surface area contributed by atoms with Crippen LogP contribution in [-0.4, -0.2) is 61.0 Å². The largest absolute Gasteiger partial charge is 0.495 e. The van der Waals surface area contributed by atoms with Crippen LogP contribution in [-0.2, 0) is 0 Å². The standard InChI is InChI=1S/C32H38N6O3/c1-5-28(21-7-6-8-21)38-15-12-23(13-16-38)41-31-18-24-26(19-30(31)40-4)35-20-36-32(24)37-27-17-22(9-10-29(27)39-3)25(33)11-14-34-2/h5,9-11,14,17-20,23,33-34H,1,6-8,12-13,15-16H2,2-4H3,(H,35,36,37)/b14-11-,33-25?.